The van der Waals surface area contributed by atoms with Crippen LogP contribution in [0.1, 0.15) is 24.8 Å². The van der Waals surface area contributed by atoms with E-state index in [1.807, 2.05) is 12.2 Å². The predicted molar refractivity (Wildman–Crippen MR) is 82.9 cm³/mol. The van der Waals surface area contributed by atoms with Gasteiger partial charge in [0.15, 0.2) is 0 Å². The molecule has 1 saturated heterocycles. The van der Waals surface area contributed by atoms with Crippen LogP contribution < -0.4 is 0 Å². The number of carbonyl (C=O) groups excluding carboxylic acids is 3. The van der Waals surface area contributed by atoms with Crippen molar-refractivity contribution in [2.75, 3.05) is 6.54 Å². The van der Waals surface area contributed by atoms with Gasteiger partial charge in [-0.25, -0.2) is 4.39 Å². The molecular formula is C18H18FNO4. The minimum Gasteiger partial charge on any atom is -0.461 e. The Morgan fingerprint density at radius 1 is 1.08 bits per heavy atom. The highest BCUT2D eigenvalue weighted by atomic mass is 19.1. The summed E-state index contributed by atoms with van der Waals surface area (Å²) in [6.07, 6.45) is 4.98. The minimum atomic E-state index is -0.493. The van der Waals surface area contributed by atoms with Crippen LogP contribution in [0.25, 0.3) is 0 Å². The van der Waals surface area contributed by atoms with Gasteiger partial charge < -0.3 is 4.74 Å². The van der Waals surface area contributed by atoms with E-state index < -0.39 is 5.97 Å². The lowest BCUT2D eigenvalue weighted by Gasteiger charge is -2.14. The molecule has 3 rings (SSSR count). The van der Waals surface area contributed by atoms with E-state index in [-0.39, 0.29) is 49.0 Å². The molecule has 24 heavy (non-hydrogen) atoms. The number of ether oxygens (including phenoxy) is 1. The Morgan fingerprint density at radius 2 is 1.67 bits per heavy atom. The number of imide groups is 1. The van der Waals surface area contributed by atoms with Crippen molar-refractivity contribution in [3.8, 4) is 0 Å². The Kier molecular flexibility index (Phi) is 4.74. The average Bonchev–Trinajstić information content (AvgIpc) is 2.84. The van der Waals surface area contributed by atoms with Crippen molar-refractivity contribution in [3.63, 3.8) is 0 Å². The molecule has 0 bridgehead atoms. The second-order valence-corrected chi connectivity index (χ2v) is 6.02. The second kappa shape index (κ2) is 6.95. The molecule has 2 atom stereocenters. The van der Waals surface area contributed by atoms with E-state index in [0.29, 0.717) is 18.4 Å². The van der Waals surface area contributed by atoms with Crippen LogP contribution in [0.4, 0.5) is 4.39 Å². The van der Waals surface area contributed by atoms with Crippen molar-refractivity contribution in [2.24, 2.45) is 11.8 Å². The summed E-state index contributed by atoms with van der Waals surface area (Å²) >= 11 is 0. The number of likely N-dealkylation sites (tertiary alicyclic amines) is 1. The Labute approximate surface area is 139 Å². The van der Waals surface area contributed by atoms with Gasteiger partial charge in [-0.15, -0.1) is 0 Å². The molecule has 0 aromatic heterocycles. The topological polar surface area (TPSA) is 63.7 Å². The van der Waals surface area contributed by atoms with E-state index in [2.05, 4.69) is 0 Å². The van der Waals surface area contributed by atoms with Crippen LogP contribution in [0.15, 0.2) is 36.4 Å². The molecule has 0 saturated carbocycles. The number of rotatable bonds is 5. The summed E-state index contributed by atoms with van der Waals surface area (Å²) in [6.45, 7) is 0.0864. The van der Waals surface area contributed by atoms with Crippen LogP contribution in [0.3, 0.4) is 0 Å². The molecule has 1 fully saturated rings. The van der Waals surface area contributed by atoms with Crippen molar-refractivity contribution < 1.29 is 23.5 Å². The Bertz CT molecular complexity index is 657. The molecule has 1 aromatic rings. The number of hydrogen-bond donors (Lipinski definition) is 0. The maximum atomic E-state index is 12.8. The minimum absolute atomic E-state index is 0.0362. The molecule has 0 radical (unpaired) electrons. The standard InChI is InChI=1S/C18H18FNO4/c19-13-7-5-12(6-8-13)11-24-16(21)9-10-20-17(22)14-3-1-2-4-15(14)18(20)23/h1-2,5-8,14-15H,3-4,9-11H2. The first-order valence-electron chi connectivity index (χ1n) is 7.96. The van der Waals surface area contributed by atoms with Crippen LogP contribution in [0, 0.1) is 17.7 Å². The summed E-state index contributed by atoms with van der Waals surface area (Å²) < 4.78 is 17.9. The van der Waals surface area contributed by atoms with Gasteiger partial charge in [-0.05, 0) is 30.5 Å². The molecule has 1 aromatic carbocycles. The van der Waals surface area contributed by atoms with E-state index in [1.54, 1.807) is 0 Å². The van der Waals surface area contributed by atoms with Crippen LogP contribution in [-0.4, -0.2) is 29.2 Å². The molecule has 126 valence electrons. The van der Waals surface area contributed by atoms with Crippen LogP contribution in [0.2, 0.25) is 0 Å². The lowest BCUT2D eigenvalue weighted by molar-refractivity contribution is -0.146. The third-order valence-electron chi connectivity index (χ3n) is 4.45. The molecule has 0 spiro atoms. The Balaban J connectivity index is 1.48. The summed E-state index contributed by atoms with van der Waals surface area (Å²) in [5.74, 6) is -1.79. The predicted octanol–water partition coefficient (Wildman–Crippen LogP) is 2.21. The average molecular weight is 331 g/mol. The molecule has 6 heteroatoms. The number of carbonyl (C=O) groups is 3. The molecule has 2 amide bonds. The van der Waals surface area contributed by atoms with Gasteiger partial charge in [0.05, 0.1) is 18.3 Å². The first-order valence-corrected chi connectivity index (χ1v) is 7.96. The maximum Gasteiger partial charge on any atom is 0.307 e. The number of amides is 2. The third kappa shape index (κ3) is 3.37. The smallest absolute Gasteiger partial charge is 0.307 e. The van der Waals surface area contributed by atoms with Crippen LogP contribution >= 0.6 is 0 Å². The number of esters is 1. The van der Waals surface area contributed by atoms with Gasteiger partial charge in [0, 0.05) is 6.54 Å². The van der Waals surface area contributed by atoms with Gasteiger partial charge in [0.2, 0.25) is 11.8 Å². The normalized spacial score (nSPS) is 22.6. The third-order valence-corrected chi connectivity index (χ3v) is 4.45. The fourth-order valence-corrected chi connectivity index (χ4v) is 3.11. The number of halogens is 1. The van der Waals surface area contributed by atoms with Gasteiger partial charge in [0.25, 0.3) is 0 Å². The largest absolute Gasteiger partial charge is 0.461 e. The van der Waals surface area contributed by atoms with Gasteiger partial charge >= 0.3 is 5.97 Å². The highest BCUT2D eigenvalue weighted by Crippen LogP contribution is 2.34. The summed E-state index contributed by atoms with van der Waals surface area (Å²) in [5.41, 5.74) is 0.676. The van der Waals surface area contributed by atoms with Crippen LogP contribution in [-0.2, 0) is 25.7 Å². The monoisotopic (exact) mass is 331 g/mol. The summed E-state index contributed by atoms with van der Waals surface area (Å²) in [7, 11) is 0. The first-order chi connectivity index (χ1) is 11.6. The summed E-state index contributed by atoms with van der Waals surface area (Å²) in [4.78, 5) is 37.5. The lowest BCUT2D eigenvalue weighted by atomic mass is 9.85. The molecule has 1 aliphatic carbocycles. The first kappa shape index (κ1) is 16.4. The molecular weight excluding hydrogens is 313 g/mol. The van der Waals surface area contributed by atoms with Gasteiger partial charge in [-0.1, -0.05) is 24.3 Å². The molecule has 2 unspecified atom stereocenters. The fourth-order valence-electron chi connectivity index (χ4n) is 3.11. The highest BCUT2D eigenvalue weighted by molar-refractivity contribution is 6.05. The summed E-state index contributed by atoms with van der Waals surface area (Å²) in [5, 5.41) is 0. The molecule has 1 aliphatic heterocycles. The van der Waals surface area contributed by atoms with Gasteiger partial charge in [0.1, 0.15) is 12.4 Å². The maximum absolute atomic E-state index is 12.8. The molecule has 2 aliphatic rings. The fraction of sp³-hybridized carbons (Fsp3) is 0.389. The number of benzene rings is 1. The van der Waals surface area contributed by atoms with E-state index in [4.69, 9.17) is 4.74 Å². The van der Waals surface area contributed by atoms with Crippen molar-refractivity contribution in [2.45, 2.75) is 25.9 Å². The quantitative estimate of drug-likeness (QED) is 0.471. The van der Waals surface area contributed by atoms with Crippen molar-refractivity contribution in [1.82, 2.24) is 4.90 Å². The van der Waals surface area contributed by atoms with E-state index in [9.17, 15) is 18.8 Å². The SMILES string of the molecule is O=C(CCN1C(=O)C2CC=CCC2C1=O)OCc1ccc(F)cc1. The van der Waals surface area contributed by atoms with Gasteiger partial charge in [-0.2, -0.15) is 0 Å². The zero-order valence-corrected chi connectivity index (χ0v) is 13.1. The molecule has 5 nitrogen and oxygen atoms in total. The van der Waals surface area contributed by atoms with Crippen LogP contribution in [0.5, 0.6) is 0 Å². The number of fused-ring (bicyclic) bond motifs is 1. The summed E-state index contributed by atoms with van der Waals surface area (Å²) in [6, 6.07) is 5.66. The Hall–Kier alpha value is -2.50. The van der Waals surface area contributed by atoms with E-state index in [0.717, 1.165) is 0 Å². The lowest BCUT2D eigenvalue weighted by Crippen LogP contribution is -2.33. The zero-order chi connectivity index (χ0) is 17.1. The highest BCUT2D eigenvalue weighted by Gasteiger charge is 2.46. The Morgan fingerprint density at radius 3 is 2.25 bits per heavy atom. The number of nitrogens with zero attached hydrogens (tertiary/aromatic N) is 1. The second-order valence-electron chi connectivity index (χ2n) is 6.02. The van der Waals surface area contributed by atoms with Crippen molar-refractivity contribution in [1.29, 1.82) is 0 Å². The van der Waals surface area contributed by atoms with E-state index >= 15 is 0 Å². The number of allylic oxidation sites excluding steroid dienone is 2. The molecule has 1 heterocycles. The van der Waals surface area contributed by atoms with Gasteiger partial charge in [-0.3, -0.25) is 19.3 Å². The number of hydrogen-bond acceptors (Lipinski definition) is 4. The van der Waals surface area contributed by atoms with E-state index in [1.165, 1.54) is 29.2 Å². The molecule has 0 N–H and O–H groups in total. The zero-order valence-electron chi connectivity index (χ0n) is 13.1. The van der Waals surface area contributed by atoms with Crippen molar-refractivity contribution >= 4 is 17.8 Å². The van der Waals surface area contributed by atoms with Crippen molar-refractivity contribution in [3.05, 3.63) is 47.8 Å².